The molecule has 0 fully saturated rings. The molecule has 0 N–H and O–H groups in total. The third kappa shape index (κ3) is 42.5. The number of carbonyl (C=O) groups is 1. The molecule has 0 aliphatic rings. The molecule has 0 atom stereocenters. The summed E-state index contributed by atoms with van der Waals surface area (Å²) in [6.07, 6.45) is 5.33. The lowest BCUT2D eigenvalue weighted by molar-refractivity contribution is -0.144. The number of hydrogen-bond donors (Lipinski definition) is 0. The van der Waals surface area contributed by atoms with Crippen molar-refractivity contribution in [1.82, 2.24) is 0 Å². The van der Waals surface area contributed by atoms with Crippen molar-refractivity contribution < 1.29 is 71.1 Å². The molecule has 0 saturated carbocycles. The molecule has 0 unspecified atom stereocenters. The van der Waals surface area contributed by atoms with Gasteiger partial charge >= 0.3 is 5.97 Å². The van der Waals surface area contributed by atoms with Gasteiger partial charge in [-0.1, -0.05) is 5.92 Å². The van der Waals surface area contributed by atoms with Gasteiger partial charge < -0.3 is 66.3 Å². The van der Waals surface area contributed by atoms with Gasteiger partial charge in [0.05, 0.1) is 178 Å². The molecule has 0 aromatic carbocycles. The predicted molar refractivity (Wildman–Crippen MR) is 171 cm³/mol. The van der Waals surface area contributed by atoms with E-state index in [2.05, 4.69) is 5.92 Å². The van der Waals surface area contributed by atoms with Gasteiger partial charge in [0.1, 0.15) is 6.61 Å². The average Bonchev–Trinajstić information content (AvgIpc) is 3.07. The third-order valence-electron chi connectivity index (χ3n) is 5.41. The van der Waals surface area contributed by atoms with Gasteiger partial charge in [0.2, 0.25) is 0 Å². The second-order valence-corrected chi connectivity index (χ2v) is 9.16. The van der Waals surface area contributed by atoms with Crippen molar-refractivity contribution in [2.75, 3.05) is 178 Å². The first-order valence-electron chi connectivity index (χ1n) is 16.4. The maximum Gasteiger partial charge on any atom is 0.308 e. The zero-order valence-electron chi connectivity index (χ0n) is 28.5. The lowest BCUT2D eigenvalue weighted by Gasteiger charge is -2.09. The van der Waals surface area contributed by atoms with Gasteiger partial charge in [0, 0.05) is 0 Å². The average molecular weight is 685 g/mol. The topological polar surface area (TPSA) is 146 Å². The Balaban J connectivity index is 3.06. The molecule has 47 heavy (non-hydrogen) atoms. The van der Waals surface area contributed by atoms with Gasteiger partial charge in [0.15, 0.2) is 0 Å². The first-order valence-corrected chi connectivity index (χ1v) is 16.4. The minimum atomic E-state index is -0.253. The quantitative estimate of drug-likeness (QED) is 0.0508. The fourth-order valence-corrected chi connectivity index (χ4v) is 3.16. The monoisotopic (exact) mass is 684 g/mol. The molecule has 0 bridgehead atoms. The second-order valence-electron chi connectivity index (χ2n) is 9.16. The van der Waals surface area contributed by atoms with Crippen molar-refractivity contribution in [2.45, 2.75) is 13.3 Å². The van der Waals surface area contributed by atoms with Crippen LogP contribution in [0.15, 0.2) is 0 Å². The zero-order chi connectivity index (χ0) is 34.0. The Morgan fingerprint density at radius 1 is 0.383 bits per heavy atom. The van der Waals surface area contributed by atoms with Crippen LogP contribution in [-0.2, 0) is 71.1 Å². The minimum absolute atomic E-state index is 0.253. The molecule has 15 nitrogen and oxygen atoms in total. The summed E-state index contributed by atoms with van der Waals surface area (Å²) in [6.45, 7) is 14.6. The molecule has 0 radical (unpaired) electrons. The largest absolute Gasteiger partial charge is 0.466 e. The minimum Gasteiger partial charge on any atom is -0.466 e. The van der Waals surface area contributed by atoms with Crippen LogP contribution in [-0.4, -0.2) is 184 Å². The van der Waals surface area contributed by atoms with Crippen LogP contribution in [0.25, 0.3) is 0 Å². The highest BCUT2D eigenvalue weighted by atomic mass is 16.6. The highest BCUT2D eigenvalue weighted by Gasteiger charge is 2.01. The van der Waals surface area contributed by atoms with Crippen molar-refractivity contribution in [3.8, 4) is 12.3 Å². The Hall–Kier alpha value is -1.49. The van der Waals surface area contributed by atoms with Gasteiger partial charge in [-0.3, -0.25) is 4.79 Å². The van der Waals surface area contributed by atoms with Crippen LogP contribution in [0.4, 0.5) is 0 Å². The van der Waals surface area contributed by atoms with Crippen LogP contribution in [0.2, 0.25) is 0 Å². The van der Waals surface area contributed by atoms with Gasteiger partial charge in [-0.15, -0.1) is 6.42 Å². The molecule has 0 saturated heterocycles. The third-order valence-corrected chi connectivity index (χ3v) is 5.41. The lowest BCUT2D eigenvalue weighted by Crippen LogP contribution is -2.15. The normalized spacial score (nSPS) is 11.2. The molecule has 278 valence electrons. The number of hydrogen-bond acceptors (Lipinski definition) is 15. The molecular weight excluding hydrogens is 624 g/mol. The van der Waals surface area contributed by atoms with E-state index in [0.29, 0.717) is 178 Å². The molecule has 0 spiro atoms. The van der Waals surface area contributed by atoms with E-state index >= 15 is 0 Å². The van der Waals surface area contributed by atoms with E-state index in [-0.39, 0.29) is 12.4 Å². The zero-order valence-corrected chi connectivity index (χ0v) is 28.5. The van der Waals surface area contributed by atoms with E-state index in [1.165, 1.54) is 0 Å². The molecule has 0 amide bonds. The van der Waals surface area contributed by atoms with Crippen molar-refractivity contribution in [1.29, 1.82) is 0 Å². The van der Waals surface area contributed by atoms with Crippen molar-refractivity contribution in [3.05, 3.63) is 0 Å². The summed E-state index contributed by atoms with van der Waals surface area (Å²) in [6, 6.07) is 0. The van der Waals surface area contributed by atoms with Crippen LogP contribution in [0.5, 0.6) is 0 Å². The number of carbonyl (C=O) groups excluding carboxylic acids is 1. The molecule has 0 aliphatic carbocycles. The number of ether oxygens (including phenoxy) is 14. The smallest absolute Gasteiger partial charge is 0.308 e. The maximum atomic E-state index is 11.1. The summed E-state index contributed by atoms with van der Waals surface area (Å²) in [4.78, 5) is 11.1. The Morgan fingerprint density at radius 2 is 0.596 bits per heavy atom. The van der Waals surface area contributed by atoms with Gasteiger partial charge in [0.25, 0.3) is 0 Å². The first-order chi connectivity index (χ1) is 23.3. The standard InChI is InChI=1S/C32H60O15/c1-3-6-34-8-10-36-12-14-38-16-18-40-20-22-42-24-26-44-28-30-46-31-29-45-27-25-43-23-21-41-19-17-39-15-13-37-11-9-35-7-5-32(33)47-4-2/h1H,4-31H2,2H3. The highest BCUT2D eigenvalue weighted by Crippen LogP contribution is 1.90. The molecule has 0 heterocycles. The molecule has 0 aliphatic heterocycles. The predicted octanol–water partition coefficient (Wildman–Crippen LogP) is 0.789. The molecule has 0 aromatic rings. The Kier molecular flexibility index (Phi) is 41.2. The summed E-state index contributed by atoms with van der Waals surface area (Å²) in [5.74, 6) is 2.14. The van der Waals surface area contributed by atoms with Crippen LogP contribution >= 0.6 is 0 Å². The van der Waals surface area contributed by atoms with E-state index in [4.69, 9.17) is 72.7 Å². The number of terminal acetylenes is 1. The fourth-order valence-electron chi connectivity index (χ4n) is 3.16. The summed E-state index contributed by atoms with van der Waals surface area (Å²) in [5.41, 5.74) is 0. The summed E-state index contributed by atoms with van der Waals surface area (Å²) < 4.78 is 75.0. The van der Waals surface area contributed by atoms with E-state index in [9.17, 15) is 4.79 Å². The summed E-state index contributed by atoms with van der Waals surface area (Å²) in [5, 5.41) is 0. The van der Waals surface area contributed by atoms with Crippen LogP contribution in [0, 0.1) is 12.3 Å². The lowest BCUT2D eigenvalue weighted by atomic mass is 10.5. The van der Waals surface area contributed by atoms with Crippen molar-refractivity contribution in [2.24, 2.45) is 0 Å². The molecule has 0 rings (SSSR count). The summed E-state index contributed by atoms with van der Waals surface area (Å²) in [7, 11) is 0. The Bertz CT molecular complexity index is 650. The molecule has 0 aromatic heterocycles. The van der Waals surface area contributed by atoms with E-state index in [1.807, 2.05) is 0 Å². The SMILES string of the molecule is C#CCOCCOCCOCCOCCOCCOCCOCCOCCOCCOCCOCCOCCOCCC(=O)OCC. The highest BCUT2D eigenvalue weighted by molar-refractivity contribution is 5.69. The Labute approximate surface area is 281 Å². The van der Waals surface area contributed by atoms with Gasteiger partial charge in [-0.25, -0.2) is 0 Å². The summed E-state index contributed by atoms with van der Waals surface area (Å²) >= 11 is 0. The number of esters is 1. The van der Waals surface area contributed by atoms with Crippen molar-refractivity contribution >= 4 is 5.97 Å². The van der Waals surface area contributed by atoms with Crippen molar-refractivity contribution in [3.63, 3.8) is 0 Å². The van der Waals surface area contributed by atoms with E-state index < -0.39 is 0 Å². The van der Waals surface area contributed by atoms with Crippen LogP contribution < -0.4 is 0 Å². The van der Waals surface area contributed by atoms with E-state index in [0.717, 1.165) is 0 Å². The number of rotatable bonds is 41. The molecule has 15 heteroatoms. The second kappa shape index (κ2) is 42.5. The maximum absolute atomic E-state index is 11.1. The van der Waals surface area contributed by atoms with E-state index in [1.54, 1.807) is 6.92 Å². The van der Waals surface area contributed by atoms with Crippen LogP contribution in [0.3, 0.4) is 0 Å². The Morgan fingerprint density at radius 3 is 0.809 bits per heavy atom. The fraction of sp³-hybridized carbons (Fsp3) is 0.906. The van der Waals surface area contributed by atoms with Gasteiger partial charge in [-0.05, 0) is 6.92 Å². The van der Waals surface area contributed by atoms with Gasteiger partial charge in [-0.2, -0.15) is 0 Å². The first kappa shape index (κ1) is 45.5. The molecular formula is C32H60O15. The van der Waals surface area contributed by atoms with Crippen LogP contribution in [0.1, 0.15) is 13.3 Å².